The Labute approximate surface area is 101 Å². The van der Waals surface area contributed by atoms with Crippen LogP contribution in [0.25, 0.3) is 11.4 Å². The summed E-state index contributed by atoms with van der Waals surface area (Å²) in [6.07, 6.45) is -3.41. The number of pyridine rings is 1. The van der Waals surface area contributed by atoms with Gasteiger partial charge >= 0.3 is 6.18 Å². The lowest BCUT2D eigenvalue weighted by atomic mass is 10.2. The van der Waals surface area contributed by atoms with Crippen LogP contribution in [0.3, 0.4) is 0 Å². The lowest BCUT2D eigenvalue weighted by Gasteiger charge is -2.05. The minimum absolute atomic E-state index is 0.0233. The van der Waals surface area contributed by atoms with Crippen molar-refractivity contribution in [2.24, 2.45) is 0 Å². The van der Waals surface area contributed by atoms with Crippen LogP contribution in [-0.2, 0) is 6.18 Å². The molecule has 2 aromatic rings. The van der Waals surface area contributed by atoms with E-state index in [9.17, 15) is 13.2 Å². The topological polar surface area (TPSA) is 51.8 Å². The molecule has 0 spiro atoms. The molecule has 0 aliphatic rings. The Morgan fingerprint density at radius 3 is 2.56 bits per heavy atom. The highest BCUT2D eigenvalue weighted by Crippen LogP contribution is 2.29. The van der Waals surface area contributed by atoms with Crippen molar-refractivity contribution in [3.63, 3.8) is 0 Å². The molecule has 0 amide bonds. The Bertz CT molecular complexity index is 548. The van der Waals surface area contributed by atoms with Gasteiger partial charge in [0.1, 0.15) is 5.69 Å². The fourth-order valence-electron chi connectivity index (χ4n) is 1.31. The molecule has 0 bridgehead atoms. The van der Waals surface area contributed by atoms with Gasteiger partial charge < -0.3 is 4.52 Å². The summed E-state index contributed by atoms with van der Waals surface area (Å²) in [4.78, 5) is 7.30. The van der Waals surface area contributed by atoms with Crippen molar-refractivity contribution in [3.05, 3.63) is 29.9 Å². The molecule has 2 heterocycles. The second-order valence-corrected chi connectivity index (χ2v) is 4.04. The summed E-state index contributed by atoms with van der Waals surface area (Å²) in [5, 5.41) is 3.65. The van der Waals surface area contributed by atoms with E-state index in [1.54, 1.807) is 0 Å². The molecule has 0 N–H and O–H groups in total. The number of halogens is 3. The summed E-state index contributed by atoms with van der Waals surface area (Å²) < 4.78 is 42.4. The number of hydrogen-bond donors (Lipinski definition) is 0. The van der Waals surface area contributed by atoms with Crippen LogP contribution in [0.1, 0.15) is 31.4 Å². The van der Waals surface area contributed by atoms with Gasteiger partial charge in [-0.1, -0.05) is 19.0 Å². The second kappa shape index (κ2) is 4.40. The minimum atomic E-state index is -4.49. The van der Waals surface area contributed by atoms with Crippen molar-refractivity contribution in [3.8, 4) is 11.4 Å². The van der Waals surface area contributed by atoms with E-state index in [4.69, 9.17) is 4.52 Å². The van der Waals surface area contributed by atoms with E-state index in [0.29, 0.717) is 5.89 Å². The molecular weight excluding hydrogens is 247 g/mol. The summed E-state index contributed by atoms with van der Waals surface area (Å²) in [5.74, 6) is 0.539. The van der Waals surface area contributed by atoms with E-state index in [1.807, 2.05) is 13.8 Å². The van der Waals surface area contributed by atoms with Gasteiger partial charge in [0.15, 0.2) is 0 Å². The van der Waals surface area contributed by atoms with E-state index in [-0.39, 0.29) is 17.3 Å². The highest BCUT2D eigenvalue weighted by molar-refractivity contribution is 5.54. The monoisotopic (exact) mass is 257 g/mol. The van der Waals surface area contributed by atoms with Crippen molar-refractivity contribution >= 4 is 0 Å². The van der Waals surface area contributed by atoms with E-state index < -0.39 is 11.9 Å². The van der Waals surface area contributed by atoms with Crippen molar-refractivity contribution in [1.82, 2.24) is 15.1 Å². The standard InChI is InChI=1S/C11H10F3N3O/c1-6(2)10-16-9(17-18-10)7-3-4-15-8(5-7)11(12,13)14/h3-6H,1-2H3. The first kappa shape index (κ1) is 12.5. The first-order chi connectivity index (χ1) is 8.38. The Hall–Kier alpha value is -1.92. The lowest BCUT2D eigenvalue weighted by Crippen LogP contribution is -2.07. The molecular formula is C11H10F3N3O. The lowest BCUT2D eigenvalue weighted by molar-refractivity contribution is -0.141. The molecule has 0 unspecified atom stereocenters. The number of nitrogens with zero attached hydrogens (tertiary/aromatic N) is 3. The van der Waals surface area contributed by atoms with Gasteiger partial charge in [-0.3, -0.25) is 4.98 Å². The molecule has 2 rings (SSSR count). The first-order valence-corrected chi connectivity index (χ1v) is 5.25. The quantitative estimate of drug-likeness (QED) is 0.828. The number of aromatic nitrogens is 3. The maximum atomic E-state index is 12.5. The Balaban J connectivity index is 2.38. The van der Waals surface area contributed by atoms with Gasteiger partial charge in [-0.25, -0.2) is 0 Å². The molecule has 4 nitrogen and oxygen atoms in total. The maximum Gasteiger partial charge on any atom is 0.433 e. The fraction of sp³-hybridized carbons (Fsp3) is 0.364. The average Bonchev–Trinajstić information content (AvgIpc) is 2.77. The predicted molar refractivity (Wildman–Crippen MR) is 56.6 cm³/mol. The number of hydrogen-bond acceptors (Lipinski definition) is 4. The van der Waals surface area contributed by atoms with Crippen molar-refractivity contribution in [2.75, 3.05) is 0 Å². The van der Waals surface area contributed by atoms with Gasteiger partial charge in [-0.2, -0.15) is 18.2 Å². The van der Waals surface area contributed by atoms with Crippen LogP contribution in [0.15, 0.2) is 22.9 Å². The van der Waals surface area contributed by atoms with Crippen molar-refractivity contribution in [2.45, 2.75) is 25.9 Å². The van der Waals surface area contributed by atoms with E-state index >= 15 is 0 Å². The summed E-state index contributed by atoms with van der Waals surface area (Å²) in [6.45, 7) is 3.70. The maximum absolute atomic E-state index is 12.5. The molecule has 2 aromatic heterocycles. The smallest absolute Gasteiger partial charge is 0.339 e. The van der Waals surface area contributed by atoms with Gasteiger partial charge in [0, 0.05) is 17.7 Å². The average molecular weight is 257 g/mol. The third-order valence-corrected chi connectivity index (χ3v) is 2.24. The molecule has 7 heteroatoms. The Morgan fingerprint density at radius 1 is 1.28 bits per heavy atom. The van der Waals surface area contributed by atoms with Crippen molar-refractivity contribution < 1.29 is 17.7 Å². The third kappa shape index (κ3) is 2.49. The van der Waals surface area contributed by atoms with E-state index in [2.05, 4.69) is 15.1 Å². The van der Waals surface area contributed by atoms with Gasteiger partial charge in [0.25, 0.3) is 0 Å². The zero-order valence-corrected chi connectivity index (χ0v) is 9.69. The molecule has 18 heavy (non-hydrogen) atoms. The molecule has 0 saturated carbocycles. The van der Waals surface area contributed by atoms with Gasteiger partial charge in [0.05, 0.1) is 0 Å². The summed E-state index contributed by atoms with van der Waals surface area (Å²) in [7, 11) is 0. The first-order valence-electron chi connectivity index (χ1n) is 5.25. The third-order valence-electron chi connectivity index (χ3n) is 2.24. The minimum Gasteiger partial charge on any atom is -0.339 e. The number of rotatable bonds is 2. The molecule has 0 aromatic carbocycles. The molecule has 0 aliphatic carbocycles. The van der Waals surface area contributed by atoms with Gasteiger partial charge in [-0.15, -0.1) is 0 Å². The predicted octanol–water partition coefficient (Wildman–Crippen LogP) is 3.27. The van der Waals surface area contributed by atoms with Crippen LogP contribution >= 0.6 is 0 Å². The molecule has 0 fully saturated rings. The SMILES string of the molecule is CC(C)c1nc(-c2ccnc(C(F)(F)F)c2)no1. The molecule has 0 atom stereocenters. The zero-order valence-electron chi connectivity index (χ0n) is 9.69. The van der Waals surface area contributed by atoms with Crippen LogP contribution < -0.4 is 0 Å². The fourth-order valence-corrected chi connectivity index (χ4v) is 1.31. The number of alkyl halides is 3. The van der Waals surface area contributed by atoms with Crippen LogP contribution in [0.2, 0.25) is 0 Å². The zero-order chi connectivity index (χ0) is 13.3. The van der Waals surface area contributed by atoms with Crippen molar-refractivity contribution in [1.29, 1.82) is 0 Å². The van der Waals surface area contributed by atoms with Gasteiger partial charge in [-0.05, 0) is 12.1 Å². The van der Waals surface area contributed by atoms with E-state index in [0.717, 1.165) is 12.3 Å². The highest BCUT2D eigenvalue weighted by Gasteiger charge is 2.32. The van der Waals surface area contributed by atoms with Crippen LogP contribution in [0.5, 0.6) is 0 Å². The van der Waals surface area contributed by atoms with Crippen LogP contribution in [0.4, 0.5) is 13.2 Å². The van der Waals surface area contributed by atoms with Crippen LogP contribution in [-0.4, -0.2) is 15.1 Å². The Morgan fingerprint density at radius 2 is 2.00 bits per heavy atom. The van der Waals surface area contributed by atoms with E-state index in [1.165, 1.54) is 6.07 Å². The molecule has 0 aliphatic heterocycles. The van der Waals surface area contributed by atoms with Gasteiger partial charge in [0.2, 0.25) is 11.7 Å². The second-order valence-electron chi connectivity index (χ2n) is 4.04. The molecule has 96 valence electrons. The molecule has 0 saturated heterocycles. The van der Waals surface area contributed by atoms with Crippen LogP contribution in [0, 0.1) is 0 Å². The Kier molecular flexibility index (Phi) is 3.06. The largest absolute Gasteiger partial charge is 0.433 e. The molecule has 0 radical (unpaired) electrons. The normalized spacial score (nSPS) is 12.1. The summed E-state index contributed by atoms with van der Waals surface area (Å²) >= 11 is 0. The highest BCUT2D eigenvalue weighted by atomic mass is 19.4. The summed E-state index contributed by atoms with van der Waals surface area (Å²) in [6, 6.07) is 2.30. The summed E-state index contributed by atoms with van der Waals surface area (Å²) in [5.41, 5.74) is -0.746.